The molecule has 0 bridgehead atoms. The first-order valence-electron chi connectivity index (χ1n) is 7.63. The second-order valence-electron chi connectivity index (χ2n) is 5.15. The van der Waals surface area contributed by atoms with Crippen molar-refractivity contribution < 1.29 is 22.7 Å². The third kappa shape index (κ3) is 4.96. The van der Waals surface area contributed by atoms with Crippen LogP contribution in [0.5, 0.6) is 11.5 Å². The van der Waals surface area contributed by atoms with Crippen molar-refractivity contribution in [3.05, 3.63) is 52.5 Å². The summed E-state index contributed by atoms with van der Waals surface area (Å²) < 4.78 is 37.9. The fourth-order valence-corrected chi connectivity index (χ4v) is 3.52. The van der Waals surface area contributed by atoms with Crippen molar-refractivity contribution >= 4 is 31.9 Å². The first-order chi connectivity index (χ1) is 12.4. The topological polar surface area (TPSA) is 93.7 Å². The molecule has 0 fully saturated rings. The molecule has 1 amide bonds. The van der Waals surface area contributed by atoms with Crippen LogP contribution in [0.1, 0.15) is 10.4 Å². The van der Waals surface area contributed by atoms with Gasteiger partial charge in [0.05, 0.1) is 19.1 Å². The highest BCUT2D eigenvalue weighted by atomic mass is 79.9. The molecule has 0 aliphatic rings. The lowest BCUT2D eigenvalue weighted by Gasteiger charge is -2.13. The highest BCUT2D eigenvalue weighted by molar-refractivity contribution is 9.10. The van der Waals surface area contributed by atoms with E-state index in [-0.39, 0.29) is 23.5 Å². The summed E-state index contributed by atoms with van der Waals surface area (Å²) in [4.78, 5) is 12.5. The molecule has 26 heavy (non-hydrogen) atoms. The summed E-state index contributed by atoms with van der Waals surface area (Å²) in [6, 6.07) is 11.3. The largest absolute Gasteiger partial charge is 0.496 e. The molecule has 2 aromatic rings. The monoisotopic (exact) mass is 442 g/mol. The lowest BCUT2D eigenvalue weighted by molar-refractivity contribution is 0.0948. The first kappa shape index (κ1) is 20.2. The minimum absolute atomic E-state index is 0.0433. The molecule has 0 heterocycles. The summed E-state index contributed by atoms with van der Waals surface area (Å²) in [6.07, 6.45) is 0. The molecule has 0 atom stereocenters. The maximum absolute atomic E-state index is 12.4. The van der Waals surface area contributed by atoms with Crippen LogP contribution in [0.3, 0.4) is 0 Å². The van der Waals surface area contributed by atoms with E-state index in [0.717, 1.165) is 4.47 Å². The number of nitrogens with one attached hydrogen (secondary N) is 2. The zero-order valence-corrected chi connectivity index (χ0v) is 16.7. The lowest BCUT2D eigenvalue weighted by Crippen LogP contribution is -2.35. The van der Waals surface area contributed by atoms with Crippen LogP contribution in [0, 0.1) is 0 Å². The van der Waals surface area contributed by atoms with Crippen LogP contribution in [0.4, 0.5) is 0 Å². The molecule has 0 spiro atoms. The Morgan fingerprint density at radius 1 is 1.00 bits per heavy atom. The van der Waals surface area contributed by atoms with E-state index in [2.05, 4.69) is 26.0 Å². The number of carbonyl (C=O) groups is 1. The molecule has 0 saturated carbocycles. The molecular weight excluding hydrogens is 424 g/mol. The normalized spacial score (nSPS) is 11.0. The Morgan fingerprint density at radius 3 is 2.12 bits per heavy atom. The summed E-state index contributed by atoms with van der Waals surface area (Å²) in [5.41, 5.74) is 0.258. The summed E-state index contributed by atoms with van der Waals surface area (Å²) >= 11 is 3.25. The summed E-state index contributed by atoms with van der Waals surface area (Å²) in [5, 5.41) is 2.65. The molecule has 0 saturated heterocycles. The van der Waals surface area contributed by atoms with Crippen LogP contribution in [0.15, 0.2) is 51.8 Å². The van der Waals surface area contributed by atoms with Crippen molar-refractivity contribution in [2.24, 2.45) is 0 Å². The highest BCUT2D eigenvalue weighted by Gasteiger charge is 2.18. The third-order valence-corrected chi connectivity index (χ3v) is 5.49. The minimum atomic E-state index is -3.64. The van der Waals surface area contributed by atoms with Gasteiger partial charge in [-0.25, -0.2) is 13.1 Å². The van der Waals surface area contributed by atoms with Crippen molar-refractivity contribution in [2.45, 2.75) is 4.90 Å². The summed E-state index contributed by atoms with van der Waals surface area (Å²) in [5.74, 6) is 0.330. The quantitative estimate of drug-likeness (QED) is 0.610. The predicted octanol–water partition coefficient (Wildman–Crippen LogP) is 2.17. The number of hydrogen-bond acceptors (Lipinski definition) is 5. The van der Waals surface area contributed by atoms with Gasteiger partial charge >= 0.3 is 0 Å². The molecule has 140 valence electrons. The number of rotatable bonds is 8. The second kappa shape index (κ2) is 9.02. The number of amides is 1. The zero-order valence-electron chi connectivity index (χ0n) is 14.3. The maximum Gasteiger partial charge on any atom is 0.258 e. The SMILES string of the molecule is COc1cccc(OC)c1C(=O)NCCNS(=O)(=O)c1ccc(Br)cc1. The third-order valence-electron chi connectivity index (χ3n) is 3.48. The molecule has 9 heteroatoms. The number of ether oxygens (including phenoxy) is 2. The van der Waals surface area contributed by atoms with E-state index in [1.54, 1.807) is 30.3 Å². The Hall–Kier alpha value is -2.10. The Kier molecular flexibility index (Phi) is 7.01. The number of sulfonamides is 1. The smallest absolute Gasteiger partial charge is 0.258 e. The van der Waals surface area contributed by atoms with Crippen LogP contribution in [0.2, 0.25) is 0 Å². The molecule has 0 aliphatic carbocycles. The molecule has 2 N–H and O–H groups in total. The van der Waals surface area contributed by atoms with E-state index in [4.69, 9.17) is 9.47 Å². The minimum Gasteiger partial charge on any atom is -0.496 e. The summed E-state index contributed by atoms with van der Waals surface area (Å²) in [7, 11) is -0.724. The molecule has 0 aliphatic heterocycles. The first-order valence-corrected chi connectivity index (χ1v) is 9.91. The Labute approximate surface area is 160 Å². The fourth-order valence-electron chi connectivity index (χ4n) is 2.22. The number of halogens is 1. The highest BCUT2D eigenvalue weighted by Crippen LogP contribution is 2.27. The standard InChI is InChI=1S/C17H19BrN2O5S/c1-24-14-4-3-5-15(25-2)16(14)17(21)19-10-11-20-26(22,23)13-8-6-12(18)7-9-13/h3-9,20H,10-11H2,1-2H3,(H,19,21). The van der Waals surface area contributed by atoms with E-state index in [0.29, 0.717) is 11.5 Å². The van der Waals surface area contributed by atoms with Crippen LogP contribution < -0.4 is 19.5 Å². The van der Waals surface area contributed by atoms with Crippen molar-refractivity contribution in [1.82, 2.24) is 10.0 Å². The van der Waals surface area contributed by atoms with E-state index < -0.39 is 15.9 Å². The van der Waals surface area contributed by atoms with Gasteiger partial charge in [-0.2, -0.15) is 0 Å². The van der Waals surface area contributed by atoms with Crippen LogP contribution >= 0.6 is 15.9 Å². The number of benzene rings is 2. The maximum atomic E-state index is 12.4. The Balaban J connectivity index is 1.96. The fraction of sp³-hybridized carbons (Fsp3) is 0.235. The van der Waals surface area contributed by atoms with Crippen molar-refractivity contribution in [2.75, 3.05) is 27.3 Å². The van der Waals surface area contributed by atoms with Crippen LogP contribution in [-0.2, 0) is 10.0 Å². The van der Waals surface area contributed by atoms with E-state index in [9.17, 15) is 13.2 Å². The average molecular weight is 443 g/mol. The van der Waals surface area contributed by atoms with Gasteiger partial charge in [-0.3, -0.25) is 4.79 Å². The van der Waals surface area contributed by atoms with Crippen LogP contribution in [0.25, 0.3) is 0 Å². The van der Waals surface area contributed by atoms with Gasteiger partial charge in [-0.15, -0.1) is 0 Å². The van der Waals surface area contributed by atoms with Gasteiger partial charge in [0.2, 0.25) is 10.0 Å². The van der Waals surface area contributed by atoms with E-state index in [1.807, 2.05) is 0 Å². The lowest BCUT2D eigenvalue weighted by atomic mass is 10.1. The van der Waals surface area contributed by atoms with Gasteiger partial charge in [0.1, 0.15) is 17.1 Å². The van der Waals surface area contributed by atoms with Gasteiger partial charge in [-0.1, -0.05) is 22.0 Å². The van der Waals surface area contributed by atoms with Gasteiger partial charge in [0.15, 0.2) is 0 Å². The van der Waals surface area contributed by atoms with Gasteiger partial charge in [-0.05, 0) is 36.4 Å². The number of carbonyl (C=O) groups excluding carboxylic acids is 1. The molecule has 0 radical (unpaired) electrons. The average Bonchev–Trinajstić information content (AvgIpc) is 2.64. The molecule has 2 rings (SSSR count). The predicted molar refractivity (Wildman–Crippen MR) is 101 cm³/mol. The van der Waals surface area contributed by atoms with Crippen molar-refractivity contribution in [1.29, 1.82) is 0 Å². The Morgan fingerprint density at radius 2 is 1.58 bits per heavy atom. The Bertz CT molecular complexity index is 847. The molecule has 2 aromatic carbocycles. The van der Waals surface area contributed by atoms with Crippen LogP contribution in [-0.4, -0.2) is 41.6 Å². The number of hydrogen-bond donors (Lipinski definition) is 2. The number of methoxy groups -OCH3 is 2. The second-order valence-corrected chi connectivity index (χ2v) is 7.83. The summed E-state index contributed by atoms with van der Waals surface area (Å²) in [6.45, 7) is 0.150. The molecule has 0 unspecified atom stereocenters. The van der Waals surface area contributed by atoms with Gasteiger partial charge in [0.25, 0.3) is 5.91 Å². The van der Waals surface area contributed by atoms with Gasteiger partial charge < -0.3 is 14.8 Å². The van der Waals surface area contributed by atoms with Crippen molar-refractivity contribution in [3.63, 3.8) is 0 Å². The van der Waals surface area contributed by atoms with E-state index >= 15 is 0 Å². The molecular formula is C17H19BrN2O5S. The van der Waals surface area contributed by atoms with E-state index in [1.165, 1.54) is 26.4 Å². The molecule has 7 nitrogen and oxygen atoms in total. The zero-order chi connectivity index (χ0) is 19.2. The van der Waals surface area contributed by atoms with Crippen molar-refractivity contribution in [3.8, 4) is 11.5 Å². The van der Waals surface area contributed by atoms with Gasteiger partial charge in [0, 0.05) is 17.6 Å². The molecule has 0 aromatic heterocycles.